The van der Waals surface area contributed by atoms with Crippen molar-refractivity contribution in [1.29, 1.82) is 0 Å². The lowest BCUT2D eigenvalue weighted by molar-refractivity contribution is -0.172. The Balaban J connectivity index is 1.67. The lowest BCUT2D eigenvalue weighted by Gasteiger charge is -2.55. The van der Waals surface area contributed by atoms with Gasteiger partial charge in [0.15, 0.2) is 0 Å². The SMILES string of the molecule is CON(C)C(=O)C(C)NC(=O)C12CC3CC(CC(C3)C1)C2. The Bertz CT molecular complexity index is 414. The molecule has 21 heavy (non-hydrogen) atoms. The normalized spacial score (nSPS) is 38.1. The highest BCUT2D eigenvalue weighted by molar-refractivity contribution is 5.89. The maximum atomic E-state index is 12.8. The fourth-order valence-corrected chi connectivity index (χ4v) is 5.16. The van der Waals surface area contributed by atoms with Gasteiger partial charge in [-0.1, -0.05) is 0 Å². The third-order valence-electron chi connectivity index (χ3n) is 5.82. The molecule has 0 spiro atoms. The molecular formula is C16H26N2O3. The summed E-state index contributed by atoms with van der Waals surface area (Å²) in [5.41, 5.74) is -0.199. The first kappa shape index (κ1) is 14.8. The van der Waals surface area contributed by atoms with Crippen molar-refractivity contribution in [2.75, 3.05) is 14.2 Å². The van der Waals surface area contributed by atoms with E-state index in [2.05, 4.69) is 5.32 Å². The van der Waals surface area contributed by atoms with E-state index in [0.29, 0.717) is 0 Å². The van der Waals surface area contributed by atoms with Crippen molar-refractivity contribution in [3.63, 3.8) is 0 Å². The third-order valence-corrected chi connectivity index (χ3v) is 5.82. The first-order chi connectivity index (χ1) is 9.93. The highest BCUT2D eigenvalue weighted by Crippen LogP contribution is 2.60. The zero-order valence-electron chi connectivity index (χ0n) is 13.2. The fraction of sp³-hybridized carbons (Fsp3) is 0.875. The van der Waals surface area contributed by atoms with Crippen LogP contribution < -0.4 is 5.32 Å². The molecule has 0 saturated heterocycles. The van der Waals surface area contributed by atoms with Crippen LogP contribution in [-0.2, 0) is 14.4 Å². The Morgan fingerprint density at radius 1 is 1.14 bits per heavy atom. The summed E-state index contributed by atoms with van der Waals surface area (Å²) < 4.78 is 0. The van der Waals surface area contributed by atoms with Crippen LogP contribution in [0, 0.1) is 23.2 Å². The predicted octanol–water partition coefficient (Wildman–Crippen LogP) is 1.73. The van der Waals surface area contributed by atoms with Gasteiger partial charge >= 0.3 is 0 Å². The minimum atomic E-state index is -0.532. The molecule has 118 valence electrons. The van der Waals surface area contributed by atoms with Gasteiger partial charge in [0.2, 0.25) is 5.91 Å². The maximum absolute atomic E-state index is 12.8. The quantitative estimate of drug-likeness (QED) is 0.803. The zero-order valence-corrected chi connectivity index (χ0v) is 13.2. The number of hydrogen-bond acceptors (Lipinski definition) is 3. The van der Waals surface area contributed by atoms with E-state index in [-0.39, 0.29) is 17.2 Å². The summed E-state index contributed by atoms with van der Waals surface area (Å²) >= 11 is 0. The molecule has 0 heterocycles. The van der Waals surface area contributed by atoms with Gasteiger partial charge in [-0.05, 0) is 63.2 Å². The van der Waals surface area contributed by atoms with E-state index in [1.807, 2.05) is 0 Å². The van der Waals surface area contributed by atoms with Gasteiger partial charge in [0.1, 0.15) is 6.04 Å². The van der Waals surface area contributed by atoms with Crippen molar-refractivity contribution < 1.29 is 14.4 Å². The number of amides is 2. The topological polar surface area (TPSA) is 58.6 Å². The summed E-state index contributed by atoms with van der Waals surface area (Å²) in [4.78, 5) is 29.7. The molecule has 0 aromatic carbocycles. The van der Waals surface area contributed by atoms with E-state index in [1.54, 1.807) is 14.0 Å². The van der Waals surface area contributed by atoms with Crippen LogP contribution in [0.25, 0.3) is 0 Å². The molecule has 0 aliphatic heterocycles. The summed E-state index contributed by atoms with van der Waals surface area (Å²) in [7, 11) is 3.02. The van der Waals surface area contributed by atoms with Gasteiger partial charge in [0.25, 0.3) is 5.91 Å². The Labute approximate surface area is 126 Å². The number of rotatable bonds is 4. The van der Waals surface area contributed by atoms with Gasteiger partial charge in [-0.25, -0.2) is 5.06 Å². The lowest BCUT2D eigenvalue weighted by Crippen LogP contribution is -2.56. The summed E-state index contributed by atoms with van der Waals surface area (Å²) in [5, 5.41) is 4.11. The summed E-state index contributed by atoms with van der Waals surface area (Å²) in [5.74, 6) is 2.07. The Hall–Kier alpha value is -1.10. The van der Waals surface area contributed by atoms with Gasteiger partial charge in [-0.2, -0.15) is 0 Å². The maximum Gasteiger partial charge on any atom is 0.268 e. The molecular weight excluding hydrogens is 268 g/mol. The molecule has 1 unspecified atom stereocenters. The molecule has 0 radical (unpaired) electrons. The van der Waals surface area contributed by atoms with Crippen LogP contribution in [-0.4, -0.2) is 37.1 Å². The van der Waals surface area contributed by atoms with Crippen molar-refractivity contribution in [1.82, 2.24) is 10.4 Å². The number of carbonyl (C=O) groups excluding carboxylic acids is 2. The van der Waals surface area contributed by atoms with E-state index in [9.17, 15) is 9.59 Å². The van der Waals surface area contributed by atoms with Crippen molar-refractivity contribution in [3.8, 4) is 0 Å². The van der Waals surface area contributed by atoms with Crippen LogP contribution in [0.3, 0.4) is 0 Å². The molecule has 2 amide bonds. The smallest absolute Gasteiger partial charge is 0.268 e. The van der Waals surface area contributed by atoms with Gasteiger partial charge in [0, 0.05) is 12.5 Å². The lowest BCUT2D eigenvalue weighted by atomic mass is 9.49. The average Bonchev–Trinajstić information content (AvgIpc) is 2.44. The number of nitrogens with zero attached hydrogens (tertiary/aromatic N) is 1. The summed E-state index contributed by atoms with van der Waals surface area (Å²) in [6.07, 6.45) is 7.00. The molecule has 1 N–H and O–H groups in total. The van der Waals surface area contributed by atoms with E-state index in [4.69, 9.17) is 4.84 Å². The number of hydroxylamine groups is 2. The summed E-state index contributed by atoms with van der Waals surface area (Å²) in [6.45, 7) is 1.73. The number of nitrogens with one attached hydrogen (secondary N) is 1. The molecule has 4 aliphatic rings. The highest BCUT2D eigenvalue weighted by Gasteiger charge is 2.54. The molecule has 4 rings (SSSR count). The molecule has 4 saturated carbocycles. The van der Waals surface area contributed by atoms with Crippen molar-refractivity contribution >= 4 is 11.8 Å². The van der Waals surface area contributed by atoms with E-state index >= 15 is 0 Å². The van der Waals surface area contributed by atoms with Crippen LogP contribution in [0.2, 0.25) is 0 Å². The molecule has 1 atom stereocenters. The number of hydrogen-bond donors (Lipinski definition) is 1. The Kier molecular flexibility index (Phi) is 3.72. The van der Waals surface area contributed by atoms with Crippen LogP contribution in [0.15, 0.2) is 0 Å². The third kappa shape index (κ3) is 2.56. The van der Waals surface area contributed by atoms with Crippen LogP contribution in [0.1, 0.15) is 45.4 Å². The molecule has 4 bridgehead atoms. The Morgan fingerprint density at radius 3 is 2.05 bits per heavy atom. The monoisotopic (exact) mass is 294 g/mol. The number of likely N-dealkylation sites (N-methyl/N-ethyl adjacent to an activating group) is 1. The Morgan fingerprint density at radius 2 is 1.62 bits per heavy atom. The largest absolute Gasteiger partial charge is 0.344 e. The number of carbonyl (C=O) groups is 2. The zero-order chi connectivity index (χ0) is 15.2. The molecule has 5 heteroatoms. The van der Waals surface area contributed by atoms with E-state index in [0.717, 1.165) is 37.0 Å². The van der Waals surface area contributed by atoms with Crippen molar-refractivity contribution in [2.24, 2.45) is 23.2 Å². The van der Waals surface area contributed by atoms with Crippen LogP contribution >= 0.6 is 0 Å². The molecule has 4 fully saturated rings. The van der Waals surface area contributed by atoms with Crippen LogP contribution in [0.5, 0.6) is 0 Å². The van der Waals surface area contributed by atoms with Gasteiger partial charge in [-0.3, -0.25) is 14.4 Å². The van der Waals surface area contributed by atoms with Crippen molar-refractivity contribution in [2.45, 2.75) is 51.5 Å². The molecule has 0 aromatic heterocycles. The van der Waals surface area contributed by atoms with Gasteiger partial charge < -0.3 is 5.32 Å². The second-order valence-electron chi connectivity index (χ2n) is 7.41. The fourth-order valence-electron chi connectivity index (χ4n) is 5.16. The molecule has 5 nitrogen and oxygen atoms in total. The summed E-state index contributed by atoms with van der Waals surface area (Å²) in [6, 6.07) is -0.532. The van der Waals surface area contributed by atoms with Gasteiger partial charge in [-0.15, -0.1) is 0 Å². The van der Waals surface area contributed by atoms with Crippen LogP contribution in [0.4, 0.5) is 0 Å². The van der Waals surface area contributed by atoms with Gasteiger partial charge in [0.05, 0.1) is 7.11 Å². The van der Waals surface area contributed by atoms with E-state index in [1.165, 1.54) is 31.4 Å². The average molecular weight is 294 g/mol. The second kappa shape index (κ2) is 5.27. The molecule has 0 aromatic rings. The second-order valence-corrected chi connectivity index (χ2v) is 7.41. The van der Waals surface area contributed by atoms with Crippen molar-refractivity contribution in [3.05, 3.63) is 0 Å². The minimum Gasteiger partial charge on any atom is -0.344 e. The highest BCUT2D eigenvalue weighted by atomic mass is 16.7. The molecule has 4 aliphatic carbocycles. The minimum absolute atomic E-state index is 0.0898. The first-order valence-electron chi connectivity index (χ1n) is 8.06. The first-order valence-corrected chi connectivity index (χ1v) is 8.06. The predicted molar refractivity (Wildman–Crippen MR) is 78.0 cm³/mol. The standard InChI is InChI=1S/C16H26N2O3/c1-10(14(19)18(2)21-3)17-15(20)16-7-11-4-12(8-16)6-13(5-11)9-16/h10-13H,4-9H2,1-3H3,(H,17,20). The van der Waals surface area contributed by atoms with E-state index < -0.39 is 6.04 Å².